The molecule has 0 aromatic carbocycles. The number of hydrogen-bond donors (Lipinski definition) is 1. The van der Waals surface area contributed by atoms with Crippen molar-refractivity contribution in [3.63, 3.8) is 0 Å². The second-order valence-corrected chi connectivity index (χ2v) is 6.07. The molecule has 1 aromatic rings. The molecule has 0 spiro atoms. The summed E-state index contributed by atoms with van der Waals surface area (Å²) in [5, 5.41) is 3.51. The molecule has 1 saturated carbocycles. The molecule has 0 amide bonds. The largest absolute Gasteiger partial charge is 0.330 e. The molecule has 0 aliphatic heterocycles. The normalized spacial score (nSPS) is 23.6. The highest BCUT2D eigenvalue weighted by atomic mass is 16.2. The van der Waals surface area contributed by atoms with Crippen LogP contribution in [0.15, 0.2) is 15.7 Å². The zero-order valence-electron chi connectivity index (χ0n) is 12.7. The van der Waals surface area contributed by atoms with Crippen LogP contribution in [0.1, 0.15) is 44.7 Å². The van der Waals surface area contributed by atoms with Gasteiger partial charge in [0.05, 0.1) is 0 Å². The summed E-state index contributed by atoms with van der Waals surface area (Å²) in [4.78, 5) is 23.5. The van der Waals surface area contributed by atoms with Gasteiger partial charge in [-0.15, -0.1) is 0 Å². The first-order valence-electron chi connectivity index (χ1n) is 7.48. The van der Waals surface area contributed by atoms with E-state index in [1.807, 2.05) is 0 Å². The van der Waals surface area contributed by atoms with Gasteiger partial charge in [-0.05, 0) is 25.2 Å². The van der Waals surface area contributed by atoms with E-state index in [0.29, 0.717) is 12.6 Å². The number of hydrogen-bond acceptors (Lipinski definition) is 3. The van der Waals surface area contributed by atoms with E-state index in [2.05, 4.69) is 12.2 Å². The molecule has 1 aliphatic rings. The minimum atomic E-state index is -0.260. The van der Waals surface area contributed by atoms with Crippen molar-refractivity contribution in [1.29, 1.82) is 0 Å². The van der Waals surface area contributed by atoms with Crippen molar-refractivity contribution in [2.75, 3.05) is 0 Å². The van der Waals surface area contributed by atoms with Crippen LogP contribution in [0, 0.1) is 5.92 Å². The number of aromatic nitrogens is 2. The van der Waals surface area contributed by atoms with E-state index >= 15 is 0 Å². The van der Waals surface area contributed by atoms with E-state index < -0.39 is 0 Å². The lowest BCUT2D eigenvalue weighted by Crippen LogP contribution is -2.40. The lowest BCUT2D eigenvalue weighted by atomic mass is 10.0. The molecule has 2 atom stereocenters. The SMILES string of the molecule is CC1CCCC(NCc2cc(=O)n(C)c(=O)n2C)CC1. The van der Waals surface area contributed by atoms with Crippen molar-refractivity contribution in [2.45, 2.75) is 51.6 Å². The highest BCUT2D eigenvalue weighted by Gasteiger charge is 2.16. The Labute approximate surface area is 119 Å². The monoisotopic (exact) mass is 279 g/mol. The van der Waals surface area contributed by atoms with Gasteiger partial charge in [0.25, 0.3) is 5.56 Å². The molecule has 2 rings (SSSR count). The Balaban J connectivity index is 2.04. The summed E-state index contributed by atoms with van der Waals surface area (Å²) >= 11 is 0. The standard InChI is InChI=1S/C15H25N3O2/c1-11-5-4-6-12(8-7-11)16-10-13-9-14(19)18(3)15(20)17(13)2/h9,11-12,16H,4-8,10H2,1-3H3. The van der Waals surface area contributed by atoms with Crippen molar-refractivity contribution in [1.82, 2.24) is 14.5 Å². The topological polar surface area (TPSA) is 56.0 Å². The summed E-state index contributed by atoms with van der Waals surface area (Å²) < 4.78 is 2.69. The Hall–Kier alpha value is -1.36. The molecule has 5 nitrogen and oxygen atoms in total. The average Bonchev–Trinajstić information content (AvgIpc) is 2.64. The van der Waals surface area contributed by atoms with E-state index in [4.69, 9.17) is 0 Å². The molecule has 1 aromatic heterocycles. The first-order valence-corrected chi connectivity index (χ1v) is 7.48. The highest BCUT2D eigenvalue weighted by Crippen LogP contribution is 2.22. The highest BCUT2D eigenvalue weighted by molar-refractivity contribution is 5.02. The van der Waals surface area contributed by atoms with E-state index in [-0.39, 0.29) is 11.2 Å². The maximum Gasteiger partial charge on any atom is 0.330 e. The Morgan fingerprint density at radius 1 is 1.15 bits per heavy atom. The lowest BCUT2D eigenvalue weighted by Gasteiger charge is -2.17. The molecule has 1 N–H and O–H groups in total. The molecular weight excluding hydrogens is 254 g/mol. The fourth-order valence-corrected chi connectivity index (χ4v) is 2.89. The Morgan fingerprint density at radius 2 is 1.90 bits per heavy atom. The van der Waals surface area contributed by atoms with Crippen LogP contribution in [-0.2, 0) is 20.6 Å². The molecule has 0 bridgehead atoms. The summed E-state index contributed by atoms with van der Waals surface area (Å²) in [5.74, 6) is 0.815. The van der Waals surface area contributed by atoms with Gasteiger partial charge in [-0.2, -0.15) is 0 Å². The van der Waals surface area contributed by atoms with Gasteiger partial charge < -0.3 is 5.32 Å². The van der Waals surface area contributed by atoms with E-state index in [1.54, 1.807) is 17.7 Å². The maximum absolute atomic E-state index is 11.9. The summed E-state index contributed by atoms with van der Waals surface area (Å²) in [6, 6.07) is 2.05. The van der Waals surface area contributed by atoms with Crippen LogP contribution in [0.4, 0.5) is 0 Å². The van der Waals surface area contributed by atoms with Gasteiger partial charge in [-0.1, -0.05) is 19.8 Å². The van der Waals surface area contributed by atoms with E-state index in [1.165, 1.54) is 39.2 Å². The third-order valence-electron chi connectivity index (χ3n) is 4.45. The fourth-order valence-electron chi connectivity index (χ4n) is 2.89. The van der Waals surface area contributed by atoms with Crippen LogP contribution in [0.5, 0.6) is 0 Å². The number of rotatable bonds is 3. The molecule has 1 fully saturated rings. The number of nitrogens with one attached hydrogen (secondary N) is 1. The molecule has 0 radical (unpaired) electrons. The minimum Gasteiger partial charge on any atom is -0.308 e. The third-order valence-corrected chi connectivity index (χ3v) is 4.45. The van der Waals surface area contributed by atoms with Crippen LogP contribution in [0.2, 0.25) is 0 Å². The molecule has 1 aliphatic carbocycles. The molecule has 2 unspecified atom stereocenters. The van der Waals surface area contributed by atoms with Crippen molar-refractivity contribution in [2.24, 2.45) is 20.0 Å². The second kappa shape index (κ2) is 6.39. The third kappa shape index (κ3) is 3.39. The predicted molar refractivity (Wildman–Crippen MR) is 79.8 cm³/mol. The molecule has 0 saturated heterocycles. The van der Waals surface area contributed by atoms with Gasteiger partial charge in [0, 0.05) is 38.4 Å². The van der Waals surface area contributed by atoms with E-state index in [0.717, 1.165) is 16.2 Å². The van der Waals surface area contributed by atoms with Gasteiger partial charge >= 0.3 is 5.69 Å². The van der Waals surface area contributed by atoms with Gasteiger partial charge in [0.1, 0.15) is 0 Å². The van der Waals surface area contributed by atoms with Crippen molar-refractivity contribution < 1.29 is 0 Å². The Morgan fingerprint density at radius 3 is 2.65 bits per heavy atom. The molecular formula is C15H25N3O2. The fraction of sp³-hybridized carbons (Fsp3) is 0.733. The van der Waals surface area contributed by atoms with Crippen LogP contribution in [0.3, 0.4) is 0 Å². The quantitative estimate of drug-likeness (QED) is 0.844. The molecule has 1 heterocycles. The van der Waals surface area contributed by atoms with Crippen molar-refractivity contribution in [3.8, 4) is 0 Å². The molecule has 112 valence electrons. The van der Waals surface area contributed by atoms with Crippen LogP contribution < -0.4 is 16.6 Å². The maximum atomic E-state index is 11.9. The zero-order chi connectivity index (χ0) is 14.7. The van der Waals surface area contributed by atoms with Gasteiger partial charge in [0.2, 0.25) is 0 Å². The van der Waals surface area contributed by atoms with Crippen LogP contribution in [-0.4, -0.2) is 15.2 Å². The summed E-state index contributed by atoms with van der Waals surface area (Å²) in [6.45, 7) is 2.90. The van der Waals surface area contributed by atoms with Gasteiger partial charge in [0.15, 0.2) is 0 Å². The molecule has 5 heteroatoms. The van der Waals surface area contributed by atoms with Crippen LogP contribution in [0.25, 0.3) is 0 Å². The predicted octanol–water partition coefficient (Wildman–Crippen LogP) is 1.14. The average molecular weight is 279 g/mol. The Bertz CT molecular complexity index is 573. The van der Waals surface area contributed by atoms with Crippen molar-refractivity contribution >= 4 is 0 Å². The number of nitrogens with zero attached hydrogens (tertiary/aromatic N) is 2. The first-order chi connectivity index (χ1) is 9.49. The zero-order valence-corrected chi connectivity index (χ0v) is 12.7. The minimum absolute atomic E-state index is 0.237. The summed E-state index contributed by atoms with van der Waals surface area (Å²) in [6.07, 6.45) is 6.19. The summed E-state index contributed by atoms with van der Waals surface area (Å²) in [5.41, 5.74) is 0.263. The molecule has 20 heavy (non-hydrogen) atoms. The van der Waals surface area contributed by atoms with Crippen LogP contribution >= 0.6 is 0 Å². The second-order valence-electron chi connectivity index (χ2n) is 6.07. The van der Waals surface area contributed by atoms with Gasteiger partial charge in [-0.25, -0.2) is 4.79 Å². The van der Waals surface area contributed by atoms with Crippen molar-refractivity contribution in [3.05, 3.63) is 32.6 Å². The van der Waals surface area contributed by atoms with Gasteiger partial charge in [-0.3, -0.25) is 13.9 Å². The first kappa shape index (κ1) is 15.0. The summed E-state index contributed by atoms with van der Waals surface area (Å²) in [7, 11) is 3.22. The Kier molecular flexibility index (Phi) is 4.81. The van der Waals surface area contributed by atoms with E-state index in [9.17, 15) is 9.59 Å². The lowest BCUT2D eigenvalue weighted by molar-refractivity contribution is 0.438. The smallest absolute Gasteiger partial charge is 0.308 e.